The van der Waals surface area contributed by atoms with Crippen molar-refractivity contribution in [2.45, 2.75) is 46.8 Å². The molecule has 4 N–H and O–H groups in total. The molecule has 0 unspecified atom stereocenters. The number of benzene rings is 4. The summed E-state index contributed by atoms with van der Waals surface area (Å²) in [5.41, 5.74) is 4.28. The summed E-state index contributed by atoms with van der Waals surface area (Å²) < 4.78 is 25.2. The molecule has 2 fully saturated rings. The van der Waals surface area contributed by atoms with Crippen molar-refractivity contribution in [2.24, 2.45) is 0 Å². The molecule has 0 amide bonds. The Bertz CT molecular complexity index is 2290. The van der Waals surface area contributed by atoms with E-state index in [1.54, 1.807) is 29.6 Å². The van der Waals surface area contributed by atoms with Gasteiger partial charge in [0.15, 0.2) is 0 Å². The van der Waals surface area contributed by atoms with Gasteiger partial charge in [0.2, 0.25) is 0 Å². The van der Waals surface area contributed by atoms with E-state index >= 15 is 0 Å². The molecule has 6 aromatic rings. The number of piperazine rings is 2. The molecular formula is C50H69BrN6O7S2. The summed E-state index contributed by atoms with van der Waals surface area (Å²) in [5, 5.41) is 34.4. The van der Waals surface area contributed by atoms with Gasteiger partial charge in [-0.25, -0.2) is 9.97 Å². The minimum absolute atomic E-state index is 0.250. The lowest BCUT2D eigenvalue weighted by molar-refractivity contribution is 0.0436. The predicted molar refractivity (Wildman–Crippen MR) is 274 cm³/mol. The molecule has 360 valence electrons. The van der Waals surface area contributed by atoms with Crippen molar-refractivity contribution in [3.8, 4) is 23.0 Å². The highest BCUT2D eigenvalue weighted by Crippen LogP contribution is 2.27. The lowest BCUT2D eigenvalue weighted by Gasteiger charge is -2.35. The molecule has 0 bridgehead atoms. The monoisotopic (exact) mass is 1010 g/mol. The lowest BCUT2D eigenvalue weighted by atomic mass is 10.2. The molecule has 8 rings (SSSR count). The Kier molecular flexibility index (Phi) is 23.3. The van der Waals surface area contributed by atoms with E-state index in [0.717, 1.165) is 120 Å². The standard InChI is InChI=1S/C24H31N3O3S.C15H21N3O2S.C9H11BrO.C2H6O/c1-18-5-3-4-6-23(18)29-14-13-26-9-11-27(12-10-26)16-20(28)17-30-21-7-8-24-22(15-21)25-19(2)31-24;1-11-17-14-8-13(2-3-15(14)21-11)20-10-12(19)9-18-6-4-16-5-7-18;1-8-4-2-3-5-9(8)11-7-6-10;1-2-3/h3-8,15,20,28H,9-14,16-17H2,1-2H3;2-3,8,12,16,19H,4-7,9-10H2,1H3;2-5H,6-7H2,1H3;3H,2H2,1H3/t20-;12-;;/m11../s1. The molecule has 4 heterocycles. The first-order valence-corrected chi connectivity index (χ1v) is 25.6. The average Bonchev–Trinajstić information content (AvgIpc) is 3.89. The van der Waals surface area contributed by atoms with Crippen LogP contribution >= 0.6 is 38.6 Å². The number of ether oxygens (including phenoxy) is 4. The number of nitrogens with one attached hydrogen (secondary N) is 1. The Balaban J connectivity index is 0.000000200. The normalized spacial score (nSPS) is 15.3. The van der Waals surface area contributed by atoms with Crippen molar-refractivity contribution in [2.75, 3.05) is 110 Å². The molecule has 4 aromatic carbocycles. The molecule has 0 aliphatic carbocycles. The van der Waals surface area contributed by atoms with Crippen LogP contribution in [0.25, 0.3) is 20.4 Å². The molecule has 0 spiro atoms. The van der Waals surface area contributed by atoms with Crippen molar-refractivity contribution in [1.82, 2.24) is 30.0 Å². The molecule has 2 aliphatic heterocycles. The van der Waals surface area contributed by atoms with Gasteiger partial charge in [-0.2, -0.15) is 0 Å². The van der Waals surface area contributed by atoms with Crippen LogP contribution in [0.4, 0.5) is 0 Å². The van der Waals surface area contributed by atoms with Gasteiger partial charge in [0.25, 0.3) is 0 Å². The van der Waals surface area contributed by atoms with Gasteiger partial charge in [-0.05, 0) is 82.1 Å². The first-order valence-electron chi connectivity index (χ1n) is 22.8. The largest absolute Gasteiger partial charge is 0.492 e. The highest BCUT2D eigenvalue weighted by atomic mass is 79.9. The topological polar surface area (TPSA) is 145 Å². The van der Waals surface area contributed by atoms with Crippen LogP contribution in [0.1, 0.15) is 28.1 Å². The molecule has 16 heteroatoms. The Labute approximate surface area is 407 Å². The van der Waals surface area contributed by atoms with Crippen molar-refractivity contribution in [3.05, 3.63) is 106 Å². The molecule has 2 aliphatic rings. The quantitative estimate of drug-likeness (QED) is 0.0676. The third-order valence-electron chi connectivity index (χ3n) is 10.6. The summed E-state index contributed by atoms with van der Waals surface area (Å²) in [6.45, 7) is 22.2. The van der Waals surface area contributed by atoms with E-state index in [4.69, 9.17) is 24.1 Å². The molecule has 2 aromatic heterocycles. The highest BCUT2D eigenvalue weighted by molar-refractivity contribution is 9.09. The number of hydrogen-bond donors (Lipinski definition) is 4. The number of aryl methyl sites for hydroxylation is 4. The van der Waals surface area contributed by atoms with Gasteiger partial charge in [-0.15, -0.1) is 22.7 Å². The third-order valence-corrected chi connectivity index (χ3v) is 12.8. The van der Waals surface area contributed by atoms with Gasteiger partial charge in [-0.3, -0.25) is 14.7 Å². The maximum absolute atomic E-state index is 10.4. The number of halogens is 1. The van der Waals surface area contributed by atoms with Crippen molar-refractivity contribution in [1.29, 1.82) is 0 Å². The number of rotatable bonds is 17. The zero-order valence-corrected chi connectivity index (χ0v) is 42.4. The molecule has 13 nitrogen and oxygen atoms in total. The van der Waals surface area contributed by atoms with E-state index < -0.39 is 12.2 Å². The molecular weight excluding hydrogens is 941 g/mol. The van der Waals surface area contributed by atoms with Crippen LogP contribution in [0.5, 0.6) is 23.0 Å². The zero-order chi connectivity index (χ0) is 47.1. The highest BCUT2D eigenvalue weighted by Gasteiger charge is 2.20. The number of para-hydroxylation sites is 2. The molecule has 0 radical (unpaired) electrons. The summed E-state index contributed by atoms with van der Waals surface area (Å²) in [5.74, 6) is 3.47. The van der Waals surface area contributed by atoms with E-state index in [1.165, 1.54) is 15.8 Å². The fourth-order valence-electron chi connectivity index (χ4n) is 7.27. The van der Waals surface area contributed by atoms with E-state index in [9.17, 15) is 10.2 Å². The van der Waals surface area contributed by atoms with E-state index in [2.05, 4.69) is 58.9 Å². The summed E-state index contributed by atoms with van der Waals surface area (Å²) in [6, 6.07) is 28.0. The number of aliphatic hydroxyl groups excluding tert-OH is 3. The van der Waals surface area contributed by atoms with Gasteiger partial charge >= 0.3 is 0 Å². The first-order chi connectivity index (χ1) is 32.0. The summed E-state index contributed by atoms with van der Waals surface area (Å²) in [6.07, 6.45) is -0.972. The maximum atomic E-state index is 10.4. The minimum Gasteiger partial charge on any atom is -0.492 e. The second kappa shape index (κ2) is 29.1. The predicted octanol–water partition coefficient (Wildman–Crippen LogP) is 7.37. The summed E-state index contributed by atoms with van der Waals surface area (Å²) in [4.78, 5) is 15.9. The first kappa shape index (κ1) is 53.0. The summed E-state index contributed by atoms with van der Waals surface area (Å²) in [7, 11) is 0. The van der Waals surface area contributed by atoms with Crippen molar-refractivity contribution < 1.29 is 34.3 Å². The number of aromatic nitrogens is 2. The van der Waals surface area contributed by atoms with Crippen LogP contribution in [0.2, 0.25) is 0 Å². The zero-order valence-electron chi connectivity index (χ0n) is 39.2. The minimum atomic E-state index is -0.510. The number of fused-ring (bicyclic) bond motifs is 2. The number of aliphatic hydroxyl groups is 3. The second-order valence-corrected chi connectivity index (χ2v) is 19.3. The van der Waals surface area contributed by atoms with Crippen molar-refractivity contribution >= 4 is 59.0 Å². The number of thiazole rings is 2. The van der Waals surface area contributed by atoms with Crippen LogP contribution in [0, 0.1) is 27.7 Å². The lowest BCUT2D eigenvalue weighted by Crippen LogP contribution is -2.50. The molecule has 2 atom stereocenters. The fourth-order valence-corrected chi connectivity index (χ4v) is 9.05. The molecule has 66 heavy (non-hydrogen) atoms. The SMILES string of the molecule is CCO.Cc1ccccc1OCCBr.Cc1nc2cc(OC[C@H](O)CN3CCN(CCOc4ccccc4C)CC3)ccc2s1.Cc1nc2cc(OC[C@H](O)CN3CCNCC3)ccc2s1. The van der Waals surface area contributed by atoms with Gasteiger partial charge in [0.05, 0.1) is 37.1 Å². The van der Waals surface area contributed by atoms with Crippen LogP contribution in [-0.2, 0) is 0 Å². The van der Waals surface area contributed by atoms with Gasteiger partial charge < -0.3 is 39.6 Å². The smallest absolute Gasteiger partial charge is 0.122 e. The summed E-state index contributed by atoms with van der Waals surface area (Å²) >= 11 is 6.66. The van der Waals surface area contributed by atoms with Crippen molar-refractivity contribution in [3.63, 3.8) is 0 Å². The van der Waals surface area contributed by atoms with E-state index in [-0.39, 0.29) is 6.61 Å². The van der Waals surface area contributed by atoms with Gasteiger partial charge in [0, 0.05) is 96.1 Å². The Hall–Kier alpha value is -3.94. The average molecular weight is 1010 g/mol. The number of alkyl halides is 1. The van der Waals surface area contributed by atoms with Crippen LogP contribution in [0.3, 0.4) is 0 Å². The number of β-amino-alcohol motifs (C(OH)–C–C–N with tert-alkyl or cyclic N) is 2. The second-order valence-electron chi connectivity index (χ2n) is 16.1. The maximum Gasteiger partial charge on any atom is 0.122 e. The molecule has 0 saturated carbocycles. The number of nitrogens with zero attached hydrogens (tertiary/aromatic N) is 5. The van der Waals surface area contributed by atoms with Gasteiger partial charge in [-0.1, -0.05) is 52.3 Å². The Morgan fingerprint density at radius 2 is 1.06 bits per heavy atom. The fraction of sp³-hybridized carbons (Fsp3) is 0.480. The van der Waals surface area contributed by atoms with Crippen LogP contribution < -0.4 is 24.3 Å². The Morgan fingerprint density at radius 1 is 0.621 bits per heavy atom. The number of hydrogen-bond acceptors (Lipinski definition) is 15. The Morgan fingerprint density at radius 3 is 1.53 bits per heavy atom. The van der Waals surface area contributed by atoms with Crippen LogP contribution in [0.15, 0.2) is 84.9 Å². The van der Waals surface area contributed by atoms with Gasteiger partial charge in [0.1, 0.15) is 55.0 Å². The molecule has 2 saturated heterocycles. The van der Waals surface area contributed by atoms with E-state index in [0.29, 0.717) is 32.9 Å². The van der Waals surface area contributed by atoms with Crippen LogP contribution in [-0.4, -0.2) is 163 Å². The van der Waals surface area contributed by atoms with E-state index in [1.807, 2.05) is 99.6 Å². The third kappa shape index (κ3) is 18.6.